The Kier molecular flexibility index (Phi) is 6.20. The SMILES string of the molecule is CCNc1cncc(S(=O)(=O)NCCCN(C)C)c1. The van der Waals surface area contributed by atoms with Gasteiger partial charge in [0.05, 0.1) is 11.9 Å². The van der Waals surface area contributed by atoms with Crippen molar-refractivity contribution in [3.63, 3.8) is 0 Å². The van der Waals surface area contributed by atoms with Crippen molar-refractivity contribution in [1.29, 1.82) is 0 Å². The average Bonchev–Trinajstić information content (AvgIpc) is 2.35. The van der Waals surface area contributed by atoms with Gasteiger partial charge in [0.2, 0.25) is 10.0 Å². The zero-order valence-corrected chi connectivity index (χ0v) is 12.5. The van der Waals surface area contributed by atoms with E-state index < -0.39 is 10.0 Å². The van der Waals surface area contributed by atoms with E-state index in [1.54, 1.807) is 12.3 Å². The molecule has 0 spiro atoms. The van der Waals surface area contributed by atoms with E-state index in [0.29, 0.717) is 12.2 Å². The summed E-state index contributed by atoms with van der Waals surface area (Å²) in [7, 11) is 0.443. The second kappa shape index (κ2) is 7.42. The van der Waals surface area contributed by atoms with Crippen molar-refractivity contribution in [3.05, 3.63) is 18.5 Å². The van der Waals surface area contributed by atoms with Crippen LogP contribution in [0.15, 0.2) is 23.4 Å². The summed E-state index contributed by atoms with van der Waals surface area (Å²) in [6, 6.07) is 1.59. The van der Waals surface area contributed by atoms with E-state index in [-0.39, 0.29) is 4.90 Å². The van der Waals surface area contributed by atoms with Gasteiger partial charge in [0.1, 0.15) is 4.90 Å². The quantitative estimate of drug-likeness (QED) is 0.690. The van der Waals surface area contributed by atoms with E-state index in [1.807, 2.05) is 25.9 Å². The molecule has 1 heterocycles. The molecular weight excluding hydrogens is 264 g/mol. The summed E-state index contributed by atoms with van der Waals surface area (Å²) in [5.74, 6) is 0. The van der Waals surface area contributed by atoms with Crippen LogP contribution in [0, 0.1) is 0 Å². The first kappa shape index (κ1) is 15.9. The molecule has 6 nitrogen and oxygen atoms in total. The van der Waals surface area contributed by atoms with Crippen LogP contribution in [0.3, 0.4) is 0 Å². The maximum atomic E-state index is 12.0. The van der Waals surface area contributed by atoms with Crippen LogP contribution in [0.2, 0.25) is 0 Å². The Morgan fingerprint density at radius 1 is 1.32 bits per heavy atom. The Morgan fingerprint density at radius 2 is 2.05 bits per heavy atom. The molecule has 2 N–H and O–H groups in total. The molecule has 0 atom stereocenters. The average molecular weight is 286 g/mol. The lowest BCUT2D eigenvalue weighted by Crippen LogP contribution is -2.27. The van der Waals surface area contributed by atoms with Gasteiger partial charge in [0.25, 0.3) is 0 Å². The standard InChI is InChI=1S/C12H22N4O2S/c1-4-14-11-8-12(10-13-9-11)19(17,18)15-6-5-7-16(2)3/h8-10,14-15H,4-7H2,1-3H3. The van der Waals surface area contributed by atoms with E-state index >= 15 is 0 Å². The van der Waals surface area contributed by atoms with E-state index in [4.69, 9.17) is 0 Å². The van der Waals surface area contributed by atoms with E-state index in [2.05, 4.69) is 15.0 Å². The molecule has 1 aromatic heterocycles. The van der Waals surface area contributed by atoms with Crippen LogP contribution in [0.25, 0.3) is 0 Å². The Morgan fingerprint density at radius 3 is 2.68 bits per heavy atom. The third-order valence-corrected chi connectivity index (χ3v) is 3.91. The molecule has 0 aliphatic heterocycles. The van der Waals surface area contributed by atoms with Crippen molar-refractivity contribution < 1.29 is 8.42 Å². The van der Waals surface area contributed by atoms with Crippen LogP contribution in [-0.2, 0) is 10.0 Å². The lowest BCUT2D eigenvalue weighted by Gasteiger charge is -2.11. The van der Waals surface area contributed by atoms with Crippen LogP contribution >= 0.6 is 0 Å². The topological polar surface area (TPSA) is 74.3 Å². The zero-order chi connectivity index (χ0) is 14.3. The molecule has 0 amide bonds. The molecule has 0 aliphatic rings. The van der Waals surface area contributed by atoms with Crippen molar-refractivity contribution in [1.82, 2.24) is 14.6 Å². The van der Waals surface area contributed by atoms with E-state index in [1.165, 1.54) is 6.20 Å². The van der Waals surface area contributed by atoms with Crippen molar-refractivity contribution >= 4 is 15.7 Å². The number of hydrogen-bond donors (Lipinski definition) is 2. The molecular formula is C12H22N4O2S. The second-order valence-electron chi connectivity index (χ2n) is 4.49. The zero-order valence-electron chi connectivity index (χ0n) is 11.7. The number of anilines is 1. The highest BCUT2D eigenvalue weighted by Gasteiger charge is 2.14. The van der Waals surface area contributed by atoms with Crippen LogP contribution < -0.4 is 10.0 Å². The summed E-state index contributed by atoms with van der Waals surface area (Å²) >= 11 is 0. The van der Waals surface area contributed by atoms with Gasteiger partial charge in [-0.2, -0.15) is 0 Å². The summed E-state index contributed by atoms with van der Waals surface area (Å²) in [6.45, 7) is 3.94. The van der Waals surface area contributed by atoms with Crippen LogP contribution in [0.4, 0.5) is 5.69 Å². The fourth-order valence-electron chi connectivity index (χ4n) is 1.55. The molecule has 0 saturated heterocycles. The molecule has 0 aliphatic carbocycles. The third-order valence-electron chi connectivity index (χ3n) is 2.48. The van der Waals surface area contributed by atoms with Gasteiger partial charge >= 0.3 is 0 Å². The normalized spacial score (nSPS) is 11.8. The highest BCUT2D eigenvalue weighted by molar-refractivity contribution is 7.89. The number of pyridine rings is 1. The largest absolute Gasteiger partial charge is 0.384 e. The van der Waals surface area contributed by atoms with E-state index in [9.17, 15) is 8.42 Å². The van der Waals surface area contributed by atoms with Gasteiger partial charge in [-0.25, -0.2) is 13.1 Å². The van der Waals surface area contributed by atoms with E-state index in [0.717, 1.165) is 19.5 Å². The first-order chi connectivity index (χ1) is 8.95. The van der Waals surface area contributed by atoms with Gasteiger partial charge in [0.15, 0.2) is 0 Å². The molecule has 0 saturated carbocycles. The maximum absolute atomic E-state index is 12.0. The molecule has 0 aromatic carbocycles. The van der Waals surface area contributed by atoms with Gasteiger partial charge in [-0.3, -0.25) is 4.98 Å². The van der Waals surface area contributed by atoms with Gasteiger partial charge in [-0.1, -0.05) is 0 Å². The Balaban J connectivity index is 2.63. The monoisotopic (exact) mass is 286 g/mol. The summed E-state index contributed by atoms with van der Waals surface area (Å²) < 4.78 is 26.7. The summed E-state index contributed by atoms with van der Waals surface area (Å²) in [6.07, 6.45) is 3.73. The number of aromatic nitrogens is 1. The van der Waals surface area contributed by atoms with Crippen molar-refractivity contribution in [3.8, 4) is 0 Å². The van der Waals surface area contributed by atoms with Crippen molar-refractivity contribution in [2.75, 3.05) is 39.0 Å². The molecule has 19 heavy (non-hydrogen) atoms. The molecule has 0 radical (unpaired) electrons. The van der Waals surface area contributed by atoms with Crippen LogP contribution in [0.1, 0.15) is 13.3 Å². The lowest BCUT2D eigenvalue weighted by molar-refractivity contribution is 0.400. The first-order valence-corrected chi connectivity index (χ1v) is 7.77. The molecule has 0 fully saturated rings. The summed E-state index contributed by atoms with van der Waals surface area (Å²) in [5, 5.41) is 3.04. The fraction of sp³-hybridized carbons (Fsp3) is 0.583. The lowest BCUT2D eigenvalue weighted by atomic mass is 10.4. The number of sulfonamides is 1. The smallest absolute Gasteiger partial charge is 0.242 e. The highest BCUT2D eigenvalue weighted by atomic mass is 32.2. The van der Waals surface area contributed by atoms with Crippen molar-refractivity contribution in [2.45, 2.75) is 18.2 Å². The Hall–Kier alpha value is -1.18. The second-order valence-corrected chi connectivity index (χ2v) is 6.26. The number of rotatable bonds is 8. The highest BCUT2D eigenvalue weighted by Crippen LogP contribution is 2.13. The minimum absolute atomic E-state index is 0.191. The molecule has 0 unspecified atom stereocenters. The predicted molar refractivity (Wildman–Crippen MR) is 76.8 cm³/mol. The number of nitrogens with one attached hydrogen (secondary N) is 2. The number of nitrogens with zero attached hydrogens (tertiary/aromatic N) is 2. The van der Waals surface area contributed by atoms with Gasteiger partial charge in [-0.05, 0) is 40.1 Å². The first-order valence-electron chi connectivity index (χ1n) is 6.29. The van der Waals surface area contributed by atoms with Crippen LogP contribution in [-0.4, -0.2) is 52.0 Å². The minimum atomic E-state index is -3.47. The fourth-order valence-corrected chi connectivity index (χ4v) is 2.61. The molecule has 108 valence electrons. The van der Waals surface area contributed by atoms with Crippen LogP contribution in [0.5, 0.6) is 0 Å². The van der Waals surface area contributed by atoms with Gasteiger partial charge in [0, 0.05) is 19.3 Å². The molecule has 1 rings (SSSR count). The number of hydrogen-bond acceptors (Lipinski definition) is 5. The third kappa shape index (κ3) is 5.54. The Labute approximate surface area is 115 Å². The molecule has 1 aromatic rings. The maximum Gasteiger partial charge on any atom is 0.242 e. The van der Waals surface area contributed by atoms with Crippen molar-refractivity contribution in [2.24, 2.45) is 0 Å². The van der Waals surface area contributed by atoms with Gasteiger partial charge < -0.3 is 10.2 Å². The van der Waals surface area contributed by atoms with Gasteiger partial charge in [-0.15, -0.1) is 0 Å². The summed E-state index contributed by atoms with van der Waals surface area (Å²) in [5.41, 5.74) is 0.707. The Bertz CT molecular complexity index is 488. The molecule has 7 heteroatoms. The minimum Gasteiger partial charge on any atom is -0.384 e. The summed E-state index contributed by atoms with van der Waals surface area (Å²) in [4.78, 5) is 6.14. The predicted octanol–water partition coefficient (Wildman–Crippen LogP) is 0.743. The molecule has 0 bridgehead atoms.